The van der Waals surface area contributed by atoms with Crippen LogP contribution in [0.5, 0.6) is 5.75 Å². The quantitative estimate of drug-likeness (QED) is 0.661. The van der Waals surface area contributed by atoms with E-state index in [4.69, 9.17) is 24.7 Å². The molecule has 1 atom stereocenters. The van der Waals surface area contributed by atoms with E-state index in [9.17, 15) is 0 Å². The van der Waals surface area contributed by atoms with Crippen LogP contribution in [0.4, 0.5) is 5.69 Å². The van der Waals surface area contributed by atoms with E-state index in [0.717, 1.165) is 5.76 Å². The lowest BCUT2D eigenvalue weighted by molar-refractivity contribution is -0.132. The molecule has 1 aliphatic rings. The van der Waals surface area contributed by atoms with Crippen molar-refractivity contribution in [3.63, 3.8) is 0 Å². The molecule has 5 heteroatoms. The van der Waals surface area contributed by atoms with E-state index in [1.807, 2.05) is 6.08 Å². The third kappa shape index (κ3) is 3.05. The lowest BCUT2D eigenvalue weighted by Crippen LogP contribution is -2.38. The molecule has 0 spiro atoms. The molecule has 1 unspecified atom stereocenters. The van der Waals surface area contributed by atoms with Gasteiger partial charge >= 0.3 is 0 Å². The summed E-state index contributed by atoms with van der Waals surface area (Å²) in [6.45, 7) is 0. The van der Waals surface area contributed by atoms with Crippen molar-refractivity contribution in [1.29, 1.82) is 0 Å². The second-order valence-corrected chi connectivity index (χ2v) is 4.43. The Morgan fingerprint density at radius 2 is 1.75 bits per heavy atom. The number of hydrogen-bond acceptors (Lipinski definition) is 5. The fraction of sp³-hybridized carbons (Fsp3) is 0.333. The highest BCUT2D eigenvalue weighted by atomic mass is 16.7. The van der Waals surface area contributed by atoms with Crippen LogP contribution < -0.4 is 10.5 Å². The second kappa shape index (κ2) is 5.88. The molecule has 1 aromatic carbocycles. The number of allylic oxidation sites excluding steroid dienone is 1. The summed E-state index contributed by atoms with van der Waals surface area (Å²) in [5.41, 5.74) is 6.34. The Bertz CT molecular complexity index is 521. The van der Waals surface area contributed by atoms with Gasteiger partial charge in [-0.15, -0.1) is 0 Å². The number of nitrogen functional groups attached to an aromatic ring is 1. The van der Waals surface area contributed by atoms with Crippen molar-refractivity contribution in [2.45, 2.75) is 12.2 Å². The van der Waals surface area contributed by atoms with Crippen molar-refractivity contribution in [2.75, 3.05) is 27.1 Å². The molecule has 0 heterocycles. The van der Waals surface area contributed by atoms with Gasteiger partial charge in [-0.2, -0.15) is 0 Å². The molecule has 0 aromatic heterocycles. The van der Waals surface area contributed by atoms with Crippen molar-refractivity contribution >= 4 is 5.69 Å². The summed E-state index contributed by atoms with van der Waals surface area (Å²) in [6.07, 6.45) is 4.05. The van der Waals surface area contributed by atoms with Crippen LogP contribution in [0.2, 0.25) is 0 Å². The van der Waals surface area contributed by atoms with Gasteiger partial charge in [-0.05, 0) is 24.3 Å². The average molecular weight is 277 g/mol. The fourth-order valence-corrected chi connectivity index (χ4v) is 1.98. The smallest absolute Gasteiger partial charge is 0.241 e. The third-order valence-corrected chi connectivity index (χ3v) is 3.10. The highest BCUT2D eigenvalue weighted by Crippen LogP contribution is 2.32. The van der Waals surface area contributed by atoms with Crippen molar-refractivity contribution in [1.82, 2.24) is 0 Å². The molecule has 0 aliphatic heterocycles. The van der Waals surface area contributed by atoms with Gasteiger partial charge in [0.2, 0.25) is 5.79 Å². The maximum absolute atomic E-state index is 5.96. The number of benzene rings is 1. The van der Waals surface area contributed by atoms with E-state index in [1.54, 1.807) is 51.7 Å². The van der Waals surface area contributed by atoms with Gasteiger partial charge in [-0.1, -0.05) is 0 Å². The van der Waals surface area contributed by atoms with Gasteiger partial charge in [0.25, 0.3) is 0 Å². The summed E-state index contributed by atoms with van der Waals surface area (Å²) >= 11 is 0. The molecule has 2 rings (SSSR count). The molecule has 2 N–H and O–H groups in total. The first kappa shape index (κ1) is 14.3. The molecule has 0 saturated carbocycles. The van der Waals surface area contributed by atoms with Crippen LogP contribution in [0.1, 0.15) is 6.42 Å². The predicted molar refractivity (Wildman–Crippen MR) is 76.0 cm³/mol. The summed E-state index contributed by atoms with van der Waals surface area (Å²) in [5, 5.41) is 0. The minimum absolute atomic E-state index is 0.456. The monoisotopic (exact) mass is 277 g/mol. The minimum Gasteiger partial charge on any atom is -0.501 e. The first-order chi connectivity index (χ1) is 9.60. The molecular weight excluding hydrogens is 258 g/mol. The van der Waals surface area contributed by atoms with E-state index in [1.165, 1.54) is 0 Å². The normalized spacial score (nSPS) is 21.8. The summed E-state index contributed by atoms with van der Waals surface area (Å²) in [6, 6.07) is 7.13. The van der Waals surface area contributed by atoms with Crippen LogP contribution in [-0.4, -0.2) is 27.1 Å². The largest absolute Gasteiger partial charge is 0.501 e. The van der Waals surface area contributed by atoms with Crippen LogP contribution >= 0.6 is 0 Å². The topological polar surface area (TPSA) is 62.9 Å². The minimum atomic E-state index is -0.957. The first-order valence-electron chi connectivity index (χ1n) is 6.22. The van der Waals surface area contributed by atoms with Crippen molar-refractivity contribution in [3.05, 3.63) is 47.9 Å². The number of methoxy groups -OCH3 is 3. The van der Waals surface area contributed by atoms with Crippen LogP contribution in [0.15, 0.2) is 47.9 Å². The zero-order valence-corrected chi connectivity index (χ0v) is 11.9. The number of nitrogens with two attached hydrogens (primary N) is 1. The molecule has 1 aliphatic carbocycles. The van der Waals surface area contributed by atoms with Crippen molar-refractivity contribution in [2.24, 2.45) is 0 Å². The highest BCUT2D eigenvalue weighted by molar-refractivity contribution is 5.42. The summed E-state index contributed by atoms with van der Waals surface area (Å²) in [4.78, 5) is 0. The molecule has 20 heavy (non-hydrogen) atoms. The highest BCUT2D eigenvalue weighted by Gasteiger charge is 2.36. The zero-order valence-electron chi connectivity index (χ0n) is 11.9. The molecule has 0 radical (unpaired) electrons. The van der Waals surface area contributed by atoms with Crippen molar-refractivity contribution < 1.29 is 18.9 Å². The molecular formula is C15H19NO4. The molecule has 0 bridgehead atoms. The molecule has 0 amide bonds. The Labute approximate surface area is 118 Å². The second-order valence-electron chi connectivity index (χ2n) is 4.43. The van der Waals surface area contributed by atoms with Gasteiger partial charge in [0.15, 0.2) is 0 Å². The molecule has 108 valence electrons. The molecule has 0 fully saturated rings. The predicted octanol–water partition coefficient (Wildman–Crippen LogP) is 2.45. The lowest BCUT2D eigenvalue weighted by atomic mass is 10.0. The molecule has 0 saturated heterocycles. The summed E-state index contributed by atoms with van der Waals surface area (Å²) < 4.78 is 22.1. The van der Waals surface area contributed by atoms with Gasteiger partial charge in [0, 0.05) is 24.9 Å². The van der Waals surface area contributed by atoms with Crippen LogP contribution in [0.25, 0.3) is 0 Å². The van der Waals surface area contributed by atoms with E-state index < -0.39 is 5.79 Å². The lowest BCUT2D eigenvalue weighted by Gasteiger charge is -2.33. The Morgan fingerprint density at radius 3 is 2.30 bits per heavy atom. The van der Waals surface area contributed by atoms with Gasteiger partial charge in [0.1, 0.15) is 17.3 Å². The summed E-state index contributed by atoms with van der Waals surface area (Å²) in [7, 11) is 4.78. The number of ether oxygens (including phenoxy) is 4. The van der Waals surface area contributed by atoms with Gasteiger partial charge in [0.05, 0.1) is 20.6 Å². The number of anilines is 1. The standard InChI is InChI=1S/C15H19NO4/c1-17-13-8-14(18-2)10-15(9-13,19-3)20-12-6-4-11(16)5-7-12/h4-9H,10,16H2,1-3H3. The Kier molecular flexibility index (Phi) is 4.20. The third-order valence-electron chi connectivity index (χ3n) is 3.10. The SMILES string of the molecule is COC1=CC(OC)(Oc2ccc(N)cc2)CC(OC)=C1. The number of hydrogen-bond donors (Lipinski definition) is 1. The van der Waals surface area contributed by atoms with Crippen LogP contribution in [0, 0.1) is 0 Å². The number of rotatable bonds is 5. The van der Waals surface area contributed by atoms with E-state index in [2.05, 4.69) is 0 Å². The van der Waals surface area contributed by atoms with Gasteiger partial charge < -0.3 is 24.7 Å². The van der Waals surface area contributed by atoms with Crippen molar-refractivity contribution in [3.8, 4) is 5.75 Å². The summed E-state index contributed by atoms with van der Waals surface area (Å²) in [5.74, 6) is 1.05. The Morgan fingerprint density at radius 1 is 1.05 bits per heavy atom. The van der Waals surface area contributed by atoms with Crippen LogP contribution in [-0.2, 0) is 14.2 Å². The maximum atomic E-state index is 5.96. The maximum Gasteiger partial charge on any atom is 0.241 e. The average Bonchev–Trinajstić information content (AvgIpc) is 2.49. The molecule has 1 aromatic rings. The van der Waals surface area contributed by atoms with Gasteiger partial charge in [-0.3, -0.25) is 0 Å². The van der Waals surface area contributed by atoms with Crippen LogP contribution in [0.3, 0.4) is 0 Å². The van der Waals surface area contributed by atoms with E-state index >= 15 is 0 Å². The first-order valence-corrected chi connectivity index (χ1v) is 6.22. The fourth-order valence-electron chi connectivity index (χ4n) is 1.98. The molecule has 5 nitrogen and oxygen atoms in total. The van der Waals surface area contributed by atoms with Gasteiger partial charge in [-0.25, -0.2) is 0 Å². The zero-order chi connectivity index (χ0) is 14.6. The van der Waals surface area contributed by atoms with E-state index in [0.29, 0.717) is 23.6 Å². The Hall–Kier alpha value is -2.14. The Balaban J connectivity index is 2.27. The van der Waals surface area contributed by atoms with E-state index in [-0.39, 0.29) is 0 Å².